The van der Waals surface area contributed by atoms with Crippen molar-refractivity contribution in [2.75, 3.05) is 33.2 Å². The van der Waals surface area contributed by atoms with Gasteiger partial charge in [0, 0.05) is 26.2 Å². The molecule has 2 aromatic carbocycles. The highest BCUT2D eigenvalue weighted by Crippen LogP contribution is 2.24. The largest absolute Gasteiger partial charge is 0.345 e. The summed E-state index contributed by atoms with van der Waals surface area (Å²) in [5.74, 6) is -0.404. The minimum atomic E-state index is -3.68. The third kappa shape index (κ3) is 4.98. The summed E-state index contributed by atoms with van der Waals surface area (Å²) in [5, 5.41) is 3.12. The van der Waals surface area contributed by atoms with Crippen molar-refractivity contribution >= 4 is 27.5 Å². The molecular formula is C21H26ClN3O3S. The Balaban J connectivity index is 1.81. The fraction of sp³-hybridized carbons (Fsp3) is 0.381. The molecule has 0 spiro atoms. The van der Waals surface area contributed by atoms with Crippen LogP contribution in [0.1, 0.15) is 34.5 Å². The molecule has 1 amide bonds. The minimum absolute atomic E-state index is 0.0830. The van der Waals surface area contributed by atoms with Crippen molar-refractivity contribution in [1.29, 1.82) is 0 Å². The molecule has 1 heterocycles. The number of carbonyl (C=O) groups is 1. The summed E-state index contributed by atoms with van der Waals surface area (Å²) in [7, 11) is -1.71. The summed E-state index contributed by atoms with van der Waals surface area (Å²) >= 11 is 6.22. The fourth-order valence-corrected chi connectivity index (χ4v) is 4.88. The van der Waals surface area contributed by atoms with E-state index in [1.165, 1.54) is 22.5 Å². The summed E-state index contributed by atoms with van der Waals surface area (Å²) in [6.45, 7) is 6.07. The monoisotopic (exact) mass is 435 g/mol. The lowest BCUT2D eigenvalue weighted by Crippen LogP contribution is -2.47. The van der Waals surface area contributed by atoms with Crippen molar-refractivity contribution in [2.45, 2.75) is 24.8 Å². The first-order valence-electron chi connectivity index (χ1n) is 9.54. The molecule has 6 nitrogen and oxygen atoms in total. The normalized spacial score (nSPS) is 17.1. The van der Waals surface area contributed by atoms with Crippen LogP contribution in [0.15, 0.2) is 47.4 Å². The number of hydrogen-bond donors (Lipinski definition) is 1. The zero-order valence-electron chi connectivity index (χ0n) is 16.9. The van der Waals surface area contributed by atoms with Crippen LogP contribution in [0.3, 0.4) is 0 Å². The lowest BCUT2D eigenvalue weighted by molar-refractivity contribution is 0.0940. The molecule has 8 heteroatoms. The van der Waals surface area contributed by atoms with Crippen molar-refractivity contribution in [1.82, 2.24) is 14.5 Å². The summed E-state index contributed by atoms with van der Waals surface area (Å²) < 4.78 is 27.4. The lowest BCUT2D eigenvalue weighted by Gasteiger charge is -2.31. The number of amides is 1. The van der Waals surface area contributed by atoms with Crippen LogP contribution in [0, 0.1) is 6.92 Å². The predicted molar refractivity (Wildman–Crippen MR) is 115 cm³/mol. The van der Waals surface area contributed by atoms with Gasteiger partial charge in [0.25, 0.3) is 5.91 Å². The van der Waals surface area contributed by atoms with Gasteiger partial charge in [0.2, 0.25) is 10.0 Å². The smallest absolute Gasteiger partial charge is 0.253 e. The molecule has 0 radical (unpaired) electrons. The molecule has 0 aromatic heterocycles. The van der Waals surface area contributed by atoms with Gasteiger partial charge in [-0.15, -0.1) is 0 Å². The second-order valence-corrected chi connectivity index (χ2v) is 9.80. The maximum absolute atomic E-state index is 13.0. The van der Waals surface area contributed by atoms with E-state index in [-0.39, 0.29) is 21.5 Å². The van der Waals surface area contributed by atoms with Gasteiger partial charge >= 0.3 is 0 Å². The first-order chi connectivity index (χ1) is 13.7. The van der Waals surface area contributed by atoms with E-state index in [0.717, 1.165) is 11.1 Å². The average Bonchev–Trinajstić information content (AvgIpc) is 2.68. The Hall–Kier alpha value is -1.93. The number of piperazine rings is 1. The molecule has 1 saturated heterocycles. The van der Waals surface area contributed by atoms with Crippen LogP contribution in [0.2, 0.25) is 5.02 Å². The molecule has 3 rings (SSSR count). The molecule has 0 aliphatic carbocycles. The number of sulfonamides is 1. The minimum Gasteiger partial charge on any atom is -0.345 e. The Bertz CT molecular complexity index is 985. The molecule has 1 aliphatic heterocycles. The summed E-state index contributed by atoms with van der Waals surface area (Å²) in [5.41, 5.74) is 2.25. The fourth-order valence-electron chi connectivity index (χ4n) is 3.23. The third-order valence-electron chi connectivity index (χ3n) is 5.21. The van der Waals surface area contributed by atoms with Gasteiger partial charge < -0.3 is 10.2 Å². The Kier molecular flexibility index (Phi) is 6.63. The predicted octanol–water partition coefficient (Wildman–Crippen LogP) is 3.08. The van der Waals surface area contributed by atoms with Crippen LogP contribution in [-0.4, -0.2) is 56.8 Å². The Morgan fingerprint density at radius 3 is 2.31 bits per heavy atom. The topological polar surface area (TPSA) is 69.7 Å². The molecule has 1 atom stereocenters. The zero-order chi connectivity index (χ0) is 21.2. The number of carbonyl (C=O) groups excluding carboxylic acids is 1. The van der Waals surface area contributed by atoms with Crippen LogP contribution < -0.4 is 5.32 Å². The van der Waals surface area contributed by atoms with E-state index in [1.54, 1.807) is 0 Å². The molecule has 0 saturated carbocycles. The number of hydrogen-bond acceptors (Lipinski definition) is 4. The van der Waals surface area contributed by atoms with Crippen LogP contribution in [0.4, 0.5) is 0 Å². The highest BCUT2D eigenvalue weighted by Gasteiger charge is 2.28. The Labute approximate surface area is 177 Å². The summed E-state index contributed by atoms with van der Waals surface area (Å²) in [4.78, 5) is 15.0. The molecule has 1 N–H and O–H groups in total. The van der Waals surface area contributed by atoms with Gasteiger partial charge in [0.15, 0.2) is 0 Å². The van der Waals surface area contributed by atoms with Crippen LogP contribution in [0.25, 0.3) is 0 Å². The number of aryl methyl sites for hydroxylation is 1. The van der Waals surface area contributed by atoms with Crippen molar-refractivity contribution in [3.05, 3.63) is 64.2 Å². The second-order valence-electron chi connectivity index (χ2n) is 7.45. The van der Waals surface area contributed by atoms with E-state index in [0.29, 0.717) is 26.2 Å². The number of nitrogens with zero attached hydrogens (tertiary/aromatic N) is 2. The number of likely N-dealkylation sites (N-methyl/N-ethyl adjacent to an activating group) is 1. The summed E-state index contributed by atoms with van der Waals surface area (Å²) in [6.07, 6.45) is 0. The highest BCUT2D eigenvalue weighted by atomic mass is 35.5. The number of halogens is 1. The quantitative estimate of drug-likeness (QED) is 0.783. The Morgan fingerprint density at radius 2 is 1.69 bits per heavy atom. The van der Waals surface area contributed by atoms with Crippen molar-refractivity contribution in [2.24, 2.45) is 0 Å². The van der Waals surface area contributed by atoms with Crippen LogP contribution >= 0.6 is 11.6 Å². The highest BCUT2D eigenvalue weighted by molar-refractivity contribution is 7.89. The average molecular weight is 436 g/mol. The Morgan fingerprint density at radius 1 is 1.07 bits per heavy atom. The van der Waals surface area contributed by atoms with Gasteiger partial charge in [-0.3, -0.25) is 4.79 Å². The van der Waals surface area contributed by atoms with E-state index in [2.05, 4.69) is 10.2 Å². The maximum atomic E-state index is 13.0. The van der Waals surface area contributed by atoms with E-state index in [4.69, 9.17) is 11.6 Å². The number of benzene rings is 2. The number of rotatable bonds is 5. The van der Waals surface area contributed by atoms with E-state index in [9.17, 15) is 13.2 Å². The van der Waals surface area contributed by atoms with Gasteiger partial charge in [-0.2, -0.15) is 4.31 Å². The first-order valence-corrected chi connectivity index (χ1v) is 11.4. The zero-order valence-corrected chi connectivity index (χ0v) is 18.4. The van der Waals surface area contributed by atoms with Gasteiger partial charge in [0.1, 0.15) is 0 Å². The van der Waals surface area contributed by atoms with Crippen LogP contribution in [0.5, 0.6) is 0 Å². The van der Waals surface area contributed by atoms with E-state index >= 15 is 0 Å². The lowest BCUT2D eigenvalue weighted by atomic mass is 10.1. The molecule has 0 unspecified atom stereocenters. The van der Waals surface area contributed by atoms with Gasteiger partial charge in [0.05, 0.1) is 21.5 Å². The molecule has 156 valence electrons. The molecule has 1 fully saturated rings. The molecule has 0 bridgehead atoms. The molecular weight excluding hydrogens is 410 g/mol. The SMILES string of the molecule is Cc1ccc([C@H](C)NC(=O)c2cc(S(=O)(=O)N3CCN(C)CC3)ccc2Cl)cc1. The van der Waals surface area contributed by atoms with Gasteiger partial charge in [-0.05, 0) is 44.7 Å². The standard InChI is InChI=1S/C21H26ClN3O3S/c1-15-4-6-17(7-5-15)16(2)23-21(26)19-14-18(8-9-20(19)22)29(27,28)25-12-10-24(3)11-13-25/h4-9,14,16H,10-13H2,1-3H3,(H,23,26)/t16-/m0/s1. The van der Waals surface area contributed by atoms with Gasteiger partial charge in [-0.1, -0.05) is 41.4 Å². The molecule has 29 heavy (non-hydrogen) atoms. The van der Waals surface area contributed by atoms with Crippen LogP contribution in [-0.2, 0) is 10.0 Å². The molecule has 2 aromatic rings. The third-order valence-corrected chi connectivity index (χ3v) is 7.43. The van der Waals surface area contributed by atoms with Crippen molar-refractivity contribution < 1.29 is 13.2 Å². The van der Waals surface area contributed by atoms with Crippen molar-refractivity contribution in [3.63, 3.8) is 0 Å². The van der Waals surface area contributed by atoms with E-state index in [1.807, 2.05) is 45.2 Å². The van der Waals surface area contributed by atoms with Crippen molar-refractivity contribution in [3.8, 4) is 0 Å². The summed E-state index contributed by atoms with van der Waals surface area (Å²) in [6, 6.07) is 11.9. The molecule has 1 aliphatic rings. The number of nitrogens with one attached hydrogen (secondary N) is 1. The van der Waals surface area contributed by atoms with Gasteiger partial charge in [-0.25, -0.2) is 8.42 Å². The first kappa shape index (κ1) is 21.8. The maximum Gasteiger partial charge on any atom is 0.253 e. The van der Waals surface area contributed by atoms with E-state index < -0.39 is 15.9 Å². The second kappa shape index (κ2) is 8.83.